The Bertz CT molecular complexity index is 22.5. The molecule has 0 spiro atoms. The summed E-state index contributed by atoms with van der Waals surface area (Å²) in [6.07, 6.45) is 0.333. The van der Waals surface area contributed by atoms with Gasteiger partial charge < -0.3 is 4.74 Å². The fourth-order valence-corrected chi connectivity index (χ4v) is 0.0680. The Kier molecular flexibility index (Phi) is 0.256. The first-order valence-corrected chi connectivity index (χ1v) is 1.34. The predicted octanol–water partition coefficient (Wildman–Crippen LogP) is 0.219. The minimum absolute atomic E-state index is 0.333. The van der Waals surface area contributed by atoms with Gasteiger partial charge in [-0.05, 0) is 6.92 Å². The molecule has 1 fully saturated rings. The molecule has 1 aliphatic heterocycles. The minimum Gasteiger partial charge on any atom is -0.373 e. The van der Waals surface area contributed by atoms with Crippen molar-refractivity contribution in [2.24, 2.45) is 0 Å². The Hall–Kier alpha value is -0.0400. The van der Waals surface area contributed by atoms with E-state index in [1.165, 1.54) is 0 Å². The summed E-state index contributed by atoms with van der Waals surface area (Å²) in [6, 6.07) is 0. The van der Waals surface area contributed by atoms with Crippen LogP contribution in [0.5, 0.6) is 0 Å². The Balaban J connectivity index is 2.17. The van der Waals surface area contributed by atoms with Crippen LogP contribution in [0.15, 0.2) is 0 Å². The normalized spacial score (nSPS) is 39.8. The number of ether oxygens (including phenoxy) is 1. The maximum atomic E-state index is 4.60. The average molecular weight is 57.1 g/mol. The zero-order valence-corrected chi connectivity index (χ0v) is 2.40. The first-order valence-electron chi connectivity index (χ1n) is 1.34. The van der Waals surface area contributed by atoms with Gasteiger partial charge >= 0.3 is 0 Å². The number of hydrogen-bond donors (Lipinski definition) is 0. The molecule has 1 radical (unpaired) electrons. The molecule has 1 heteroatoms. The van der Waals surface area contributed by atoms with E-state index in [2.05, 4.69) is 11.7 Å². The first kappa shape index (κ1) is 2.21. The van der Waals surface area contributed by atoms with Gasteiger partial charge in [-0.2, -0.15) is 0 Å². The second kappa shape index (κ2) is 0.462. The molecule has 0 aromatic carbocycles. The SMILES string of the molecule is [CH2]C1CO1. The van der Waals surface area contributed by atoms with Crippen molar-refractivity contribution in [2.75, 3.05) is 6.61 Å². The van der Waals surface area contributed by atoms with Crippen molar-refractivity contribution < 1.29 is 4.74 Å². The van der Waals surface area contributed by atoms with Gasteiger partial charge in [0.15, 0.2) is 0 Å². The quantitative estimate of drug-likeness (QED) is 0.362. The molecule has 0 saturated carbocycles. The second-order valence-corrected chi connectivity index (χ2v) is 0.955. The highest BCUT2D eigenvalue weighted by atomic mass is 16.6. The molecule has 0 aliphatic carbocycles. The van der Waals surface area contributed by atoms with E-state index in [-0.39, 0.29) is 0 Å². The van der Waals surface area contributed by atoms with Gasteiger partial charge in [0.05, 0.1) is 12.7 Å². The van der Waals surface area contributed by atoms with Gasteiger partial charge in [-0.25, -0.2) is 0 Å². The third-order valence-electron chi connectivity index (χ3n) is 0.402. The molecule has 1 rings (SSSR count). The van der Waals surface area contributed by atoms with Crippen molar-refractivity contribution in [1.29, 1.82) is 0 Å². The lowest BCUT2D eigenvalue weighted by Gasteiger charge is -1.50. The van der Waals surface area contributed by atoms with Crippen LogP contribution in [0.3, 0.4) is 0 Å². The second-order valence-electron chi connectivity index (χ2n) is 0.955. The highest BCUT2D eigenvalue weighted by Crippen LogP contribution is 2.03. The largest absolute Gasteiger partial charge is 0.373 e. The van der Waals surface area contributed by atoms with Crippen LogP contribution in [0, 0.1) is 6.92 Å². The van der Waals surface area contributed by atoms with Gasteiger partial charge in [0.1, 0.15) is 0 Å². The summed E-state index contributed by atoms with van der Waals surface area (Å²) in [7, 11) is 0. The minimum atomic E-state index is 0.333. The molecule has 1 nitrogen and oxygen atoms in total. The summed E-state index contributed by atoms with van der Waals surface area (Å²) in [5.41, 5.74) is 0. The Morgan fingerprint density at radius 2 is 2.25 bits per heavy atom. The summed E-state index contributed by atoms with van der Waals surface area (Å²) in [6.45, 7) is 4.40. The van der Waals surface area contributed by atoms with Crippen molar-refractivity contribution >= 4 is 0 Å². The highest BCUT2D eigenvalue weighted by Gasteiger charge is 2.13. The smallest absolute Gasteiger partial charge is 0.0810 e. The molecule has 23 valence electrons. The number of hydrogen-bond acceptors (Lipinski definition) is 1. The molecule has 1 aliphatic rings. The third kappa shape index (κ3) is 0.206. The van der Waals surface area contributed by atoms with Gasteiger partial charge in [0, 0.05) is 0 Å². The Labute approximate surface area is 25.6 Å². The molecule has 4 heavy (non-hydrogen) atoms. The van der Waals surface area contributed by atoms with Crippen molar-refractivity contribution in [1.82, 2.24) is 0 Å². The van der Waals surface area contributed by atoms with Crippen LogP contribution in [0.2, 0.25) is 0 Å². The molecule has 0 aromatic rings. The van der Waals surface area contributed by atoms with Crippen LogP contribution < -0.4 is 0 Å². The Morgan fingerprint density at radius 1 is 2.00 bits per heavy atom. The van der Waals surface area contributed by atoms with Crippen LogP contribution >= 0.6 is 0 Å². The molecule has 1 unspecified atom stereocenters. The number of rotatable bonds is 0. The molecule has 1 heterocycles. The summed E-state index contributed by atoms with van der Waals surface area (Å²) < 4.78 is 4.60. The van der Waals surface area contributed by atoms with E-state index in [9.17, 15) is 0 Å². The lowest BCUT2D eigenvalue weighted by Crippen LogP contribution is -1.61. The zero-order valence-electron chi connectivity index (χ0n) is 2.40. The standard InChI is InChI=1S/C3H5O/c1-3-2-4-3/h3H,1-2H2. The van der Waals surface area contributed by atoms with Crippen molar-refractivity contribution in [3.63, 3.8) is 0 Å². The van der Waals surface area contributed by atoms with E-state index in [0.717, 1.165) is 6.61 Å². The maximum absolute atomic E-state index is 4.60. The predicted molar refractivity (Wildman–Crippen MR) is 15.1 cm³/mol. The third-order valence-corrected chi connectivity index (χ3v) is 0.402. The molecule has 0 aromatic heterocycles. The van der Waals surface area contributed by atoms with Crippen LogP contribution in [0.4, 0.5) is 0 Å². The lowest BCUT2D eigenvalue weighted by molar-refractivity contribution is 0.439. The number of epoxide rings is 1. The van der Waals surface area contributed by atoms with Crippen molar-refractivity contribution in [3.05, 3.63) is 6.92 Å². The van der Waals surface area contributed by atoms with E-state index in [1.54, 1.807) is 0 Å². The molecule has 0 N–H and O–H groups in total. The lowest BCUT2D eigenvalue weighted by atomic mass is 10.6. The monoisotopic (exact) mass is 57.0 g/mol. The van der Waals surface area contributed by atoms with Crippen molar-refractivity contribution in [2.45, 2.75) is 6.10 Å². The Morgan fingerprint density at radius 3 is 2.25 bits per heavy atom. The van der Waals surface area contributed by atoms with E-state index < -0.39 is 0 Å². The molecular weight excluding hydrogens is 52.0 g/mol. The van der Waals surface area contributed by atoms with E-state index in [1.807, 2.05) is 0 Å². The summed E-state index contributed by atoms with van der Waals surface area (Å²) >= 11 is 0. The van der Waals surface area contributed by atoms with E-state index in [4.69, 9.17) is 0 Å². The fourth-order valence-electron chi connectivity index (χ4n) is 0.0680. The fraction of sp³-hybridized carbons (Fsp3) is 0.667. The van der Waals surface area contributed by atoms with Gasteiger partial charge in [0.25, 0.3) is 0 Å². The molecule has 1 atom stereocenters. The summed E-state index contributed by atoms with van der Waals surface area (Å²) in [4.78, 5) is 0. The molecule has 0 bridgehead atoms. The van der Waals surface area contributed by atoms with Crippen molar-refractivity contribution in [3.8, 4) is 0 Å². The molecule has 1 saturated heterocycles. The highest BCUT2D eigenvalue weighted by molar-refractivity contribution is 4.69. The maximum Gasteiger partial charge on any atom is 0.0810 e. The zero-order chi connectivity index (χ0) is 2.99. The van der Waals surface area contributed by atoms with Crippen LogP contribution in [0.25, 0.3) is 0 Å². The summed E-state index contributed by atoms with van der Waals surface area (Å²) in [5, 5.41) is 0. The van der Waals surface area contributed by atoms with Gasteiger partial charge in [-0.15, -0.1) is 0 Å². The van der Waals surface area contributed by atoms with E-state index >= 15 is 0 Å². The van der Waals surface area contributed by atoms with Crippen LogP contribution in [-0.2, 0) is 4.74 Å². The topological polar surface area (TPSA) is 12.5 Å². The van der Waals surface area contributed by atoms with E-state index in [0.29, 0.717) is 6.10 Å². The van der Waals surface area contributed by atoms with Gasteiger partial charge in [0.2, 0.25) is 0 Å². The first-order chi connectivity index (χ1) is 1.89. The molecule has 0 amide bonds. The van der Waals surface area contributed by atoms with Crippen LogP contribution in [0.1, 0.15) is 0 Å². The van der Waals surface area contributed by atoms with Crippen LogP contribution in [-0.4, -0.2) is 12.7 Å². The van der Waals surface area contributed by atoms with Gasteiger partial charge in [-0.3, -0.25) is 0 Å². The van der Waals surface area contributed by atoms with Gasteiger partial charge in [-0.1, -0.05) is 0 Å². The summed E-state index contributed by atoms with van der Waals surface area (Å²) in [5.74, 6) is 0. The average Bonchev–Trinajstić information content (AvgIpc) is 1.75. The molecular formula is C3H5O.